The molecule has 0 radical (unpaired) electrons. The van der Waals surface area contributed by atoms with Crippen LogP contribution in [0.2, 0.25) is 0 Å². The Balaban J connectivity index is 1.64. The van der Waals surface area contributed by atoms with Crippen molar-refractivity contribution in [3.05, 3.63) is 35.8 Å². The van der Waals surface area contributed by atoms with Crippen LogP contribution in [0.3, 0.4) is 0 Å². The molecule has 7 nitrogen and oxygen atoms in total. The van der Waals surface area contributed by atoms with Gasteiger partial charge in [-0.1, -0.05) is 6.08 Å². The molecule has 2 atom stereocenters. The number of nitrogens with zero attached hydrogens (tertiary/aromatic N) is 4. The molecule has 2 unspecified atom stereocenters. The Morgan fingerprint density at radius 3 is 2.88 bits per heavy atom. The molecule has 0 spiro atoms. The van der Waals surface area contributed by atoms with Gasteiger partial charge >= 0.3 is 6.09 Å². The first-order chi connectivity index (χ1) is 12.3. The molecular formula is C19H24N4O3. The molecule has 1 fully saturated rings. The van der Waals surface area contributed by atoms with E-state index in [1.165, 1.54) is 5.57 Å². The number of ether oxygens (including phenoxy) is 2. The van der Waals surface area contributed by atoms with Gasteiger partial charge in [-0.2, -0.15) is 5.10 Å². The maximum absolute atomic E-state index is 12.6. The summed E-state index contributed by atoms with van der Waals surface area (Å²) < 4.78 is 13.1. The van der Waals surface area contributed by atoms with Crippen molar-refractivity contribution in [1.82, 2.24) is 19.5 Å². The van der Waals surface area contributed by atoms with E-state index in [1.807, 2.05) is 51.1 Å². The number of carbonyl (C=O) groups excluding carboxylic acids is 1. The Kier molecular flexibility index (Phi) is 3.99. The summed E-state index contributed by atoms with van der Waals surface area (Å²) in [6, 6.07) is 1.80. The zero-order valence-electron chi connectivity index (χ0n) is 15.6. The average molecular weight is 356 g/mol. The summed E-state index contributed by atoms with van der Waals surface area (Å²) in [4.78, 5) is 19.0. The second-order valence-electron chi connectivity index (χ2n) is 7.97. The molecule has 2 bridgehead atoms. The van der Waals surface area contributed by atoms with Gasteiger partial charge in [-0.15, -0.1) is 0 Å². The van der Waals surface area contributed by atoms with Gasteiger partial charge in [-0.3, -0.25) is 4.90 Å². The van der Waals surface area contributed by atoms with Crippen LogP contribution in [0, 0.1) is 6.92 Å². The van der Waals surface area contributed by atoms with E-state index >= 15 is 0 Å². The highest BCUT2D eigenvalue weighted by Gasteiger charge is 2.40. The maximum atomic E-state index is 12.6. The van der Waals surface area contributed by atoms with Gasteiger partial charge in [0.05, 0.1) is 31.0 Å². The van der Waals surface area contributed by atoms with Gasteiger partial charge in [-0.05, 0) is 39.7 Å². The number of aromatic nitrogens is 3. The Morgan fingerprint density at radius 1 is 1.35 bits per heavy atom. The van der Waals surface area contributed by atoms with Gasteiger partial charge in [0.1, 0.15) is 5.60 Å². The molecule has 0 aromatic carbocycles. The third-order valence-corrected chi connectivity index (χ3v) is 4.61. The largest absolute Gasteiger partial charge is 0.444 e. The van der Waals surface area contributed by atoms with E-state index in [2.05, 4.69) is 16.2 Å². The molecule has 1 amide bonds. The van der Waals surface area contributed by atoms with Gasteiger partial charge < -0.3 is 9.47 Å². The second-order valence-corrected chi connectivity index (χ2v) is 7.97. The Morgan fingerprint density at radius 2 is 2.15 bits per heavy atom. The number of hydrogen-bond donors (Lipinski definition) is 0. The number of carbonyl (C=O) groups is 1. The quantitative estimate of drug-likeness (QED) is 0.786. The van der Waals surface area contributed by atoms with Gasteiger partial charge in [0.2, 0.25) is 0 Å². The standard InChI is InChI=1S/C19H24N4O3/c1-12-5-17-20-8-14(9-22(17)21-12)13-6-15-10-25-11-16(7-13)23(15)18(24)26-19(2,3)4/h5-6,8-9,15-16H,7,10-11H2,1-4H3. The van der Waals surface area contributed by atoms with Gasteiger partial charge in [0.25, 0.3) is 0 Å². The topological polar surface area (TPSA) is 69.0 Å². The van der Waals surface area contributed by atoms with Crippen molar-refractivity contribution in [3.8, 4) is 0 Å². The van der Waals surface area contributed by atoms with Crippen molar-refractivity contribution in [1.29, 1.82) is 0 Å². The maximum Gasteiger partial charge on any atom is 0.411 e. The fourth-order valence-electron chi connectivity index (χ4n) is 3.57. The van der Waals surface area contributed by atoms with Gasteiger partial charge in [0, 0.05) is 24.0 Å². The summed E-state index contributed by atoms with van der Waals surface area (Å²) in [5.41, 5.74) is 3.46. The SMILES string of the molecule is Cc1cc2ncc(C3=CC4COCC(C3)N4C(=O)OC(C)(C)C)cn2n1. The van der Waals surface area contributed by atoms with Crippen molar-refractivity contribution in [2.45, 2.75) is 51.8 Å². The third kappa shape index (κ3) is 3.19. The van der Waals surface area contributed by atoms with Crippen LogP contribution in [0.15, 0.2) is 24.5 Å². The van der Waals surface area contributed by atoms with E-state index in [0.29, 0.717) is 19.6 Å². The summed E-state index contributed by atoms with van der Waals surface area (Å²) in [5.74, 6) is 0. The van der Waals surface area contributed by atoms with E-state index in [0.717, 1.165) is 16.9 Å². The van der Waals surface area contributed by atoms with Crippen LogP contribution in [0.1, 0.15) is 38.4 Å². The van der Waals surface area contributed by atoms with Crippen molar-refractivity contribution in [3.63, 3.8) is 0 Å². The summed E-state index contributed by atoms with van der Waals surface area (Å²) in [6.07, 6.45) is 6.41. The van der Waals surface area contributed by atoms with Crippen LogP contribution < -0.4 is 0 Å². The highest BCUT2D eigenvalue weighted by molar-refractivity contribution is 5.74. The number of hydrogen-bond acceptors (Lipinski definition) is 5. The number of fused-ring (bicyclic) bond motifs is 3. The van der Waals surface area contributed by atoms with Crippen LogP contribution in [0.5, 0.6) is 0 Å². The fraction of sp³-hybridized carbons (Fsp3) is 0.526. The zero-order chi connectivity index (χ0) is 18.5. The lowest BCUT2D eigenvalue weighted by Gasteiger charge is -2.44. The summed E-state index contributed by atoms with van der Waals surface area (Å²) in [6.45, 7) is 8.61. The van der Waals surface area contributed by atoms with Crippen molar-refractivity contribution < 1.29 is 14.3 Å². The Bertz CT molecular complexity index is 881. The van der Waals surface area contributed by atoms with Crippen LogP contribution in [0.4, 0.5) is 4.79 Å². The number of morpholine rings is 1. The zero-order valence-corrected chi connectivity index (χ0v) is 15.6. The lowest BCUT2D eigenvalue weighted by atomic mass is 9.91. The second kappa shape index (κ2) is 6.09. The molecular weight excluding hydrogens is 332 g/mol. The molecule has 4 heterocycles. The van der Waals surface area contributed by atoms with Crippen LogP contribution >= 0.6 is 0 Å². The number of aryl methyl sites for hydroxylation is 1. The highest BCUT2D eigenvalue weighted by Crippen LogP contribution is 2.33. The van der Waals surface area contributed by atoms with E-state index < -0.39 is 5.60 Å². The minimum absolute atomic E-state index is 0.0290. The van der Waals surface area contributed by atoms with Crippen LogP contribution in [-0.4, -0.2) is 56.5 Å². The normalized spacial score (nSPS) is 23.1. The molecule has 4 rings (SSSR count). The number of rotatable bonds is 1. The van der Waals surface area contributed by atoms with Gasteiger partial charge in [-0.25, -0.2) is 14.3 Å². The van der Waals surface area contributed by atoms with Crippen LogP contribution in [0.25, 0.3) is 11.2 Å². The van der Waals surface area contributed by atoms with E-state index in [4.69, 9.17) is 9.47 Å². The molecule has 2 aliphatic heterocycles. The van der Waals surface area contributed by atoms with E-state index in [1.54, 1.807) is 4.52 Å². The summed E-state index contributed by atoms with van der Waals surface area (Å²) in [7, 11) is 0. The first-order valence-electron chi connectivity index (χ1n) is 8.92. The smallest absolute Gasteiger partial charge is 0.411 e. The molecule has 26 heavy (non-hydrogen) atoms. The first kappa shape index (κ1) is 17.0. The van der Waals surface area contributed by atoms with E-state index in [9.17, 15) is 4.79 Å². The summed E-state index contributed by atoms with van der Waals surface area (Å²) >= 11 is 0. The Labute approximate surface area is 152 Å². The lowest BCUT2D eigenvalue weighted by molar-refractivity contribution is -0.0510. The fourth-order valence-corrected chi connectivity index (χ4v) is 3.57. The predicted molar refractivity (Wildman–Crippen MR) is 96.8 cm³/mol. The molecule has 2 aromatic heterocycles. The monoisotopic (exact) mass is 356 g/mol. The molecule has 0 aliphatic carbocycles. The third-order valence-electron chi connectivity index (χ3n) is 4.61. The molecule has 0 N–H and O–H groups in total. The molecule has 2 aromatic rings. The first-order valence-corrected chi connectivity index (χ1v) is 8.92. The lowest BCUT2D eigenvalue weighted by Crippen LogP contribution is -2.57. The molecule has 7 heteroatoms. The average Bonchev–Trinajstić information content (AvgIpc) is 2.91. The summed E-state index contributed by atoms with van der Waals surface area (Å²) in [5, 5.41) is 4.44. The highest BCUT2D eigenvalue weighted by atomic mass is 16.6. The van der Waals surface area contributed by atoms with Gasteiger partial charge in [0.15, 0.2) is 5.65 Å². The van der Waals surface area contributed by atoms with Crippen molar-refractivity contribution in [2.75, 3.05) is 13.2 Å². The minimum atomic E-state index is -0.511. The molecule has 138 valence electrons. The van der Waals surface area contributed by atoms with Crippen molar-refractivity contribution in [2.24, 2.45) is 0 Å². The minimum Gasteiger partial charge on any atom is -0.444 e. The van der Waals surface area contributed by atoms with Crippen molar-refractivity contribution >= 4 is 17.3 Å². The van der Waals surface area contributed by atoms with Crippen LogP contribution in [-0.2, 0) is 9.47 Å². The number of amides is 1. The predicted octanol–water partition coefficient (Wildman–Crippen LogP) is 2.83. The molecule has 1 saturated heterocycles. The van der Waals surface area contributed by atoms with E-state index in [-0.39, 0.29) is 18.2 Å². The molecule has 2 aliphatic rings. The molecule has 0 saturated carbocycles. The Hall–Kier alpha value is -2.41.